The van der Waals surface area contributed by atoms with Gasteiger partial charge in [0.05, 0.1) is 0 Å². The highest BCUT2D eigenvalue weighted by atomic mass is 33.1. The molecule has 16 heteroatoms. The van der Waals surface area contributed by atoms with E-state index < -0.39 is 17.7 Å². The highest BCUT2D eigenvalue weighted by Gasteiger charge is 2.55. The first-order chi connectivity index (χ1) is 29.6. The van der Waals surface area contributed by atoms with E-state index in [0.717, 1.165) is 55.3 Å². The van der Waals surface area contributed by atoms with Crippen molar-refractivity contribution in [3.63, 3.8) is 0 Å². The van der Waals surface area contributed by atoms with Crippen LogP contribution in [0.5, 0.6) is 0 Å². The van der Waals surface area contributed by atoms with Gasteiger partial charge in [0.1, 0.15) is 17.7 Å². The second-order valence-electron chi connectivity index (χ2n) is 20.2. The van der Waals surface area contributed by atoms with Crippen molar-refractivity contribution in [2.75, 3.05) is 44.7 Å². The summed E-state index contributed by atoms with van der Waals surface area (Å²) in [5, 5.41) is 5.71. The second-order valence-corrected chi connectivity index (χ2v) is 22.8. The zero-order valence-corrected chi connectivity index (χ0v) is 42.7. The van der Waals surface area contributed by atoms with Gasteiger partial charge in [0.25, 0.3) is 0 Å². The van der Waals surface area contributed by atoms with E-state index in [9.17, 15) is 14.4 Å². The maximum atomic E-state index is 13.6. The van der Waals surface area contributed by atoms with Crippen molar-refractivity contribution in [2.45, 2.75) is 170 Å². The largest absolute Gasteiger partial charge is 0.446 e. The quantitative estimate of drug-likeness (QED) is 0.0266. The van der Waals surface area contributed by atoms with E-state index in [2.05, 4.69) is 68.2 Å². The van der Waals surface area contributed by atoms with Crippen LogP contribution in [0.2, 0.25) is 0 Å². The number of rotatable bonds is 17. The lowest BCUT2D eigenvalue weighted by Gasteiger charge is -2.60. The third-order valence-corrected chi connectivity index (χ3v) is 15.6. The van der Waals surface area contributed by atoms with Gasteiger partial charge in [-0.1, -0.05) is 101 Å². The van der Waals surface area contributed by atoms with Crippen molar-refractivity contribution in [1.29, 1.82) is 0 Å². The number of carbonyl (C=O) groups is 3. The number of nitrogens with one attached hydrogen (secondary N) is 2. The van der Waals surface area contributed by atoms with Crippen molar-refractivity contribution in [3.8, 4) is 0 Å². The van der Waals surface area contributed by atoms with E-state index >= 15 is 0 Å². The molecule has 0 aromatic carbocycles. The van der Waals surface area contributed by atoms with Gasteiger partial charge in [-0.2, -0.15) is 0 Å². The summed E-state index contributed by atoms with van der Waals surface area (Å²) >= 11 is 0. The van der Waals surface area contributed by atoms with Crippen LogP contribution in [0.1, 0.15) is 153 Å². The maximum absolute atomic E-state index is 13.6. The molecular formula is C47H89N9O5S2. The normalized spacial score (nSPS) is 26.5. The number of aliphatic imine (C=N–C) groups is 2. The van der Waals surface area contributed by atoms with Crippen molar-refractivity contribution in [2.24, 2.45) is 73.3 Å². The molecule has 4 aliphatic rings. The zero-order chi connectivity index (χ0) is 47.4. The fourth-order valence-electron chi connectivity index (χ4n) is 10.4. The maximum Gasteiger partial charge on any atom is 0.408 e. The molecule has 3 amide bonds. The molecule has 8 atom stereocenters. The molecule has 0 saturated heterocycles. The second kappa shape index (κ2) is 27.5. The van der Waals surface area contributed by atoms with E-state index in [4.69, 9.17) is 32.4 Å². The van der Waals surface area contributed by atoms with Gasteiger partial charge < -0.3 is 47.9 Å². The third-order valence-electron chi connectivity index (χ3n) is 13.2. The van der Waals surface area contributed by atoms with Crippen LogP contribution < -0.4 is 33.6 Å². The molecule has 3 saturated carbocycles. The average molecular weight is 924 g/mol. The summed E-state index contributed by atoms with van der Waals surface area (Å²) in [6, 6.07) is -0.772. The molecule has 0 spiro atoms. The van der Waals surface area contributed by atoms with Crippen molar-refractivity contribution >= 4 is 51.6 Å². The number of ether oxygens (including phenoxy) is 2. The standard InChI is InChI=1S/C39H68N6O5S2.C6H14.C2H7N3/c1-8-20-45(21-9-18-42-34(40)41)33(46)32(44-36(48)50-37(3,4)5)25-52-51-22-19-43-35(47)49-28-14-17-39(7)27(23-28)11-12-29-30-13-10-26(2)24-38(30,6)16-15-31(29)39;1-4-5-6(2)3;1-5-2(3)4/h11,26,28-32H,8-10,12-25H2,1-7H3,(H,43,47)(H,44,48)(H4,40,41,42);6H,4-5H2,1-3H3;1H3,(H4,3,4,5). The lowest BCUT2D eigenvalue weighted by molar-refractivity contribution is -0.133. The number of amides is 3. The average Bonchev–Trinajstić information content (AvgIpc) is 3.18. The van der Waals surface area contributed by atoms with Crippen LogP contribution >= 0.6 is 21.6 Å². The number of carbonyl (C=O) groups excluding carboxylic acids is 3. The molecule has 0 bridgehead atoms. The van der Waals surface area contributed by atoms with Crippen molar-refractivity contribution in [3.05, 3.63) is 11.6 Å². The molecule has 0 aromatic heterocycles. The summed E-state index contributed by atoms with van der Waals surface area (Å²) in [4.78, 5) is 48.2. The molecule has 0 aromatic rings. The highest BCUT2D eigenvalue weighted by molar-refractivity contribution is 8.76. The molecule has 0 aliphatic heterocycles. The zero-order valence-electron chi connectivity index (χ0n) is 41.1. The van der Waals surface area contributed by atoms with Crippen LogP contribution in [0.3, 0.4) is 0 Å². The summed E-state index contributed by atoms with van der Waals surface area (Å²) in [6.07, 6.45) is 16.4. The van der Waals surface area contributed by atoms with Gasteiger partial charge in [-0.15, -0.1) is 0 Å². The molecule has 8 unspecified atom stereocenters. The van der Waals surface area contributed by atoms with Gasteiger partial charge in [-0.3, -0.25) is 14.8 Å². The monoisotopic (exact) mass is 924 g/mol. The van der Waals surface area contributed by atoms with E-state index in [1.165, 1.54) is 85.6 Å². The number of guanidine groups is 2. The van der Waals surface area contributed by atoms with Crippen molar-refractivity contribution < 1.29 is 23.9 Å². The number of fused-ring (bicyclic) bond motifs is 5. The van der Waals surface area contributed by atoms with Gasteiger partial charge in [0.15, 0.2) is 11.9 Å². The SMILES string of the molecule is CCCC(C)C.CCCN(CCCN=C(N)N)C(=O)C(CSSCCNC(=O)OC1CCC2(C)C(=CCC3C4CCC(C)CC4(C)CCC32)C1)NC(=O)OC(C)(C)C.CN=C(N)N. The van der Waals surface area contributed by atoms with Gasteiger partial charge in [-0.05, 0) is 119 Å². The lowest BCUT2D eigenvalue weighted by Crippen LogP contribution is -2.52. The highest BCUT2D eigenvalue weighted by Crippen LogP contribution is 2.64. The van der Waals surface area contributed by atoms with E-state index in [1.807, 2.05) is 6.92 Å². The van der Waals surface area contributed by atoms with Crippen molar-refractivity contribution in [1.82, 2.24) is 15.5 Å². The Morgan fingerprint density at radius 3 is 2.24 bits per heavy atom. The predicted molar refractivity (Wildman–Crippen MR) is 265 cm³/mol. The van der Waals surface area contributed by atoms with Gasteiger partial charge >= 0.3 is 12.2 Å². The first-order valence-electron chi connectivity index (χ1n) is 23.8. The van der Waals surface area contributed by atoms with E-state index in [-0.39, 0.29) is 35.4 Å². The van der Waals surface area contributed by atoms with Crippen LogP contribution in [-0.2, 0) is 14.3 Å². The Kier molecular flexibility index (Phi) is 24.5. The molecule has 3 fully saturated rings. The number of alkyl carbamates (subject to hydrolysis) is 2. The van der Waals surface area contributed by atoms with Crippen LogP contribution in [-0.4, -0.2) is 97.4 Å². The summed E-state index contributed by atoms with van der Waals surface area (Å²) in [6.45, 7) is 23.5. The number of hydrogen-bond acceptors (Lipinski definition) is 9. The summed E-state index contributed by atoms with van der Waals surface area (Å²) in [5.74, 6) is 5.10. The Morgan fingerprint density at radius 1 is 0.952 bits per heavy atom. The molecule has 4 aliphatic carbocycles. The third kappa shape index (κ3) is 19.6. The Morgan fingerprint density at radius 2 is 1.65 bits per heavy atom. The first-order valence-corrected chi connectivity index (χ1v) is 26.3. The number of nitrogens with zero attached hydrogens (tertiary/aromatic N) is 3. The molecule has 0 radical (unpaired) electrons. The van der Waals surface area contributed by atoms with Gasteiger partial charge in [-0.25, -0.2) is 9.59 Å². The Balaban J connectivity index is 0.00000110. The van der Waals surface area contributed by atoms with Crippen LogP contribution in [0.25, 0.3) is 0 Å². The molecular weight excluding hydrogens is 835 g/mol. The molecule has 10 N–H and O–H groups in total. The number of hydrogen-bond donors (Lipinski definition) is 6. The van der Waals surface area contributed by atoms with Crippen LogP contribution in [0.15, 0.2) is 21.6 Å². The van der Waals surface area contributed by atoms with Crippen LogP contribution in [0, 0.1) is 40.4 Å². The van der Waals surface area contributed by atoms with Gasteiger partial charge in [0.2, 0.25) is 5.91 Å². The minimum atomic E-state index is -0.772. The van der Waals surface area contributed by atoms with E-state index in [1.54, 1.807) is 25.7 Å². The number of allylic oxidation sites excluding steroid dienone is 1. The topological polar surface area (TPSA) is 226 Å². The molecule has 4 rings (SSSR count). The molecule has 0 heterocycles. The Labute approximate surface area is 389 Å². The minimum absolute atomic E-state index is 0.0194. The summed E-state index contributed by atoms with van der Waals surface area (Å²) < 4.78 is 11.4. The van der Waals surface area contributed by atoms with Crippen LogP contribution in [0.4, 0.5) is 9.59 Å². The van der Waals surface area contributed by atoms with Gasteiger partial charge in [0, 0.05) is 51.2 Å². The first kappa shape index (κ1) is 56.1. The Bertz CT molecular complexity index is 1500. The fraction of sp³-hybridized carbons (Fsp3) is 0.851. The van der Waals surface area contributed by atoms with E-state index in [0.29, 0.717) is 49.5 Å². The fourth-order valence-corrected chi connectivity index (χ4v) is 12.4. The smallest absolute Gasteiger partial charge is 0.408 e. The minimum Gasteiger partial charge on any atom is -0.446 e. The summed E-state index contributed by atoms with van der Waals surface area (Å²) in [5.41, 5.74) is 22.1. The molecule has 14 nitrogen and oxygen atoms in total. The predicted octanol–water partition coefficient (Wildman–Crippen LogP) is 8.58. The Hall–Kier alpha value is -3.01. The number of nitrogens with two attached hydrogens (primary N) is 4. The molecule has 364 valence electrons. The molecule has 63 heavy (non-hydrogen) atoms. The summed E-state index contributed by atoms with van der Waals surface area (Å²) in [7, 11) is 4.55. The lowest BCUT2D eigenvalue weighted by atomic mass is 9.45.